The van der Waals surface area contributed by atoms with Crippen LogP contribution in [-0.2, 0) is 25.5 Å². The van der Waals surface area contributed by atoms with Gasteiger partial charge in [-0.25, -0.2) is 0 Å². The number of nitrogens with one attached hydrogen (secondary N) is 2. The molecule has 5 rings (SSSR count). The van der Waals surface area contributed by atoms with E-state index in [4.69, 9.17) is 4.74 Å². The van der Waals surface area contributed by atoms with Crippen molar-refractivity contribution in [2.45, 2.75) is 44.4 Å². The minimum atomic E-state index is -0.770. The zero-order valence-electron chi connectivity index (χ0n) is 19.4. The van der Waals surface area contributed by atoms with Crippen LogP contribution in [0.1, 0.15) is 25.8 Å². The minimum absolute atomic E-state index is 0.0132. The largest absolute Gasteiger partial charge is 0.360 e. The van der Waals surface area contributed by atoms with Gasteiger partial charge in [0, 0.05) is 24.3 Å². The van der Waals surface area contributed by atoms with E-state index in [0.717, 1.165) is 18.5 Å². The van der Waals surface area contributed by atoms with Crippen molar-refractivity contribution < 1.29 is 19.1 Å². The number of fused-ring (bicyclic) bond motifs is 1. The van der Waals surface area contributed by atoms with Gasteiger partial charge < -0.3 is 20.3 Å². The molecule has 2 bridgehead atoms. The summed E-state index contributed by atoms with van der Waals surface area (Å²) in [6.45, 7) is 3.82. The fourth-order valence-corrected chi connectivity index (χ4v) is 5.38. The summed E-state index contributed by atoms with van der Waals surface area (Å²) < 4.78 is 6.24. The normalized spacial score (nSPS) is 27.5. The van der Waals surface area contributed by atoms with Crippen molar-refractivity contribution in [1.82, 2.24) is 5.32 Å². The fraction of sp³-hybridized carbons (Fsp3) is 0.370. The Hall–Kier alpha value is -3.45. The number of nitrogens with zero attached hydrogens (tertiary/aromatic N) is 1. The molecular formula is C27H29N3O4. The molecule has 7 heteroatoms. The highest BCUT2D eigenvalue weighted by Gasteiger charge is 2.67. The summed E-state index contributed by atoms with van der Waals surface area (Å²) in [5, 5.41) is 5.85. The van der Waals surface area contributed by atoms with Crippen LogP contribution in [0.15, 0.2) is 66.7 Å². The standard InChI is InChI=1S/C27H29N3O4/c1-17(8-9-19-6-4-3-5-7-19)28-25(32)23-22-14-15-27(34-22)16-30(26(33)24(23)27)21-12-10-20(11-13-21)29-18(2)31/h3-7,10-15,17,22-24H,8-9,16H2,1-2H3,(H,28,32)(H,29,31)/t17?,22-,23?,24-,27+/m1/s1. The average Bonchev–Trinajstić information content (AvgIpc) is 3.47. The van der Waals surface area contributed by atoms with E-state index in [1.165, 1.54) is 12.5 Å². The lowest BCUT2D eigenvalue weighted by Crippen LogP contribution is -2.46. The molecule has 3 aliphatic heterocycles. The SMILES string of the molecule is CC(=O)Nc1ccc(N2C[C@]34C=C[C@@H](O3)C(C(=O)NC(C)CCc3ccccc3)[C@@H]4C2=O)cc1. The van der Waals surface area contributed by atoms with Gasteiger partial charge in [-0.2, -0.15) is 0 Å². The number of amides is 3. The fourth-order valence-electron chi connectivity index (χ4n) is 5.38. The van der Waals surface area contributed by atoms with Crippen LogP contribution in [-0.4, -0.2) is 42.0 Å². The van der Waals surface area contributed by atoms with Gasteiger partial charge in [-0.3, -0.25) is 14.4 Å². The third-order valence-electron chi connectivity index (χ3n) is 7.00. The maximum Gasteiger partial charge on any atom is 0.234 e. The summed E-state index contributed by atoms with van der Waals surface area (Å²) in [5.74, 6) is -1.46. The molecule has 0 saturated carbocycles. The summed E-state index contributed by atoms with van der Waals surface area (Å²) >= 11 is 0. The average molecular weight is 460 g/mol. The second kappa shape index (κ2) is 8.72. The second-order valence-corrected chi connectivity index (χ2v) is 9.49. The zero-order chi connectivity index (χ0) is 23.9. The summed E-state index contributed by atoms with van der Waals surface area (Å²) in [4.78, 5) is 39.8. The summed E-state index contributed by atoms with van der Waals surface area (Å²) in [6.07, 6.45) is 5.20. The van der Waals surface area contributed by atoms with Crippen molar-refractivity contribution in [1.29, 1.82) is 0 Å². The molecule has 1 spiro atoms. The van der Waals surface area contributed by atoms with Crippen LogP contribution in [0.3, 0.4) is 0 Å². The van der Waals surface area contributed by atoms with Crippen LogP contribution in [0.5, 0.6) is 0 Å². The number of ether oxygens (including phenoxy) is 1. The van der Waals surface area contributed by atoms with Gasteiger partial charge >= 0.3 is 0 Å². The first-order valence-electron chi connectivity index (χ1n) is 11.8. The Morgan fingerprint density at radius 1 is 1.15 bits per heavy atom. The predicted octanol–water partition coefficient (Wildman–Crippen LogP) is 3.07. The Morgan fingerprint density at radius 3 is 2.59 bits per heavy atom. The number of carbonyl (C=O) groups excluding carboxylic acids is 3. The summed E-state index contributed by atoms with van der Waals surface area (Å²) in [5.41, 5.74) is 1.85. The lowest BCUT2D eigenvalue weighted by atomic mass is 9.76. The van der Waals surface area contributed by atoms with Crippen LogP contribution in [0.2, 0.25) is 0 Å². The molecule has 3 heterocycles. The van der Waals surface area contributed by atoms with E-state index in [9.17, 15) is 14.4 Å². The number of carbonyl (C=O) groups is 3. The number of rotatable bonds is 7. The molecule has 2 fully saturated rings. The summed E-state index contributed by atoms with van der Waals surface area (Å²) in [6, 6.07) is 17.3. The first-order chi connectivity index (χ1) is 16.4. The van der Waals surface area contributed by atoms with Crippen molar-refractivity contribution in [2.24, 2.45) is 11.8 Å². The zero-order valence-corrected chi connectivity index (χ0v) is 19.4. The number of anilines is 2. The highest BCUT2D eigenvalue weighted by molar-refractivity contribution is 6.03. The van der Waals surface area contributed by atoms with E-state index in [1.807, 2.05) is 37.3 Å². The summed E-state index contributed by atoms with van der Waals surface area (Å²) in [7, 11) is 0. The van der Waals surface area contributed by atoms with Gasteiger partial charge in [-0.15, -0.1) is 0 Å². The van der Waals surface area contributed by atoms with Crippen LogP contribution in [0.25, 0.3) is 0 Å². The highest BCUT2D eigenvalue weighted by Crippen LogP contribution is 2.52. The smallest absolute Gasteiger partial charge is 0.234 e. The number of hydrogen-bond acceptors (Lipinski definition) is 4. The molecule has 5 atom stereocenters. The molecule has 3 aliphatic rings. The third kappa shape index (κ3) is 4.01. The molecule has 3 amide bonds. The maximum absolute atomic E-state index is 13.5. The lowest BCUT2D eigenvalue weighted by molar-refractivity contribution is -0.132. The van der Waals surface area contributed by atoms with E-state index in [-0.39, 0.29) is 29.9 Å². The Balaban J connectivity index is 1.27. The molecule has 7 nitrogen and oxygen atoms in total. The predicted molar refractivity (Wildman–Crippen MR) is 129 cm³/mol. The molecule has 176 valence electrons. The molecular weight excluding hydrogens is 430 g/mol. The van der Waals surface area contributed by atoms with Crippen LogP contribution < -0.4 is 15.5 Å². The van der Waals surface area contributed by atoms with E-state index in [2.05, 4.69) is 22.8 Å². The van der Waals surface area contributed by atoms with Crippen LogP contribution in [0.4, 0.5) is 11.4 Å². The van der Waals surface area contributed by atoms with E-state index >= 15 is 0 Å². The topological polar surface area (TPSA) is 87.7 Å². The van der Waals surface area contributed by atoms with Gasteiger partial charge in [-0.05, 0) is 49.6 Å². The molecule has 2 unspecified atom stereocenters. The second-order valence-electron chi connectivity index (χ2n) is 9.49. The third-order valence-corrected chi connectivity index (χ3v) is 7.00. The molecule has 2 aromatic rings. The van der Waals surface area contributed by atoms with Gasteiger partial charge in [0.15, 0.2) is 0 Å². The minimum Gasteiger partial charge on any atom is -0.360 e. The molecule has 0 aromatic heterocycles. The van der Waals surface area contributed by atoms with Gasteiger partial charge in [0.2, 0.25) is 17.7 Å². The Bertz CT molecular complexity index is 1130. The van der Waals surface area contributed by atoms with Crippen molar-refractivity contribution >= 4 is 29.1 Å². The van der Waals surface area contributed by atoms with Crippen LogP contribution in [0, 0.1) is 11.8 Å². The molecule has 2 aromatic carbocycles. The van der Waals surface area contributed by atoms with Crippen molar-refractivity contribution in [3.05, 3.63) is 72.3 Å². The molecule has 2 N–H and O–H groups in total. The van der Waals surface area contributed by atoms with E-state index in [0.29, 0.717) is 12.2 Å². The lowest BCUT2D eigenvalue weighted by Gasteiger charge is -2.25. The number of benzene rings is 2. The van der Waals surface area contributed by atoms with E-state index < -0.39 is 17.4 Å². The quantitative estimate of drug-likeness (QED) is 0.623. The maximum atomic E-state index is 13.5. The van der Waals surface area contributed by atoms with Gasteiger partial charge in [-0.1, -0.05) is 42.5 Å². The monoisotopic (exact) mass is 459 g/mol. The Morgan fingerprint density at radius 2 is 1.88 bits per heavy atom. The molecule has 0 aliphatic carbocycles. The first-order valence-corrected chi connectivity index (χ1v) is 11.8. The van der Waals surface area contributed by atoms with E-state index in [1.54, 1.807) is 29.2 Å². The highest BCUT2D eigenvalue weighted by atomic mass is 16.5. The number of hydrogen-bond donors (Lipinski definition) is 2. The van der Waals surface area contributed by atoms with Crippen molar-refractivity contribution in [3.8, 4) is 0 Å². The van der Waals surface area contributed by atoms with Gasteiger partial charge in [0.05, 0.1) is 24.5 Å². The Labute approximate surface area is 199 Å². The van der Waals surface area contributed by atoms with Gasteiger partial charge in [0.1, 0.15) is 5.60 Å². The van der Waals surface area contributed by atoms with Gasteiger partial charge in [0.25, 0.3) is 0 Å². The van der Waals surface area contributed by atoms with Crippen LogP contribution >= 0.6 is 0 Å². The molecule has 34 heavy (non-hydrogen) atoms. The van der Waals surface area contributed by atoms with Crippen molar-refractivity contribution in [2.75, 3.05) is 16.8 Å². The number of aryl methyl sites for hydroxylation is 1. The first kappa shape index (κ1) is 22.3. The molecule has 2 saturated heterocycles. The molecule has 0 radical (unpaired) electrons. The Kier molecular flexibility index (Phi) is 5.73. The van der Waals surface area contributed by atoms with Crippen molar-refractivity contribution in [3.63, 3.8) is 0 Å².